The van der Waals surface area contributed by atoms with Crippen molar-refractivity contribution in [2.24, 2.45) is 0 Å². The average molecular weight is 387 g/mol. The Hall–Kier alpha value is -2.71. The summed E-state index contributed by atoms with van der Waals surface area (Å²) >= 11 is 0. The summed E-state index contributed by atoms with van der Waals surface area (Å²) in [5.74, 6) is 0.370. The molecule has 1 N–H and O–H groups in total. The van der Waals surface area contributed by atoms with Crippen LogP contribution in [0.4, 0.5) is 0 Å². The van der Waals surface area contributed by atoms with Crippen LogP contribution in [0.2, 0.25) is 0 Å². The van der Waals surface area contributed by atoms with E-state index in [9.17, 15) is 9.59 Å². The van der Waals surface area contributed by atoms with Crippen molar-refractivity contribution in [1.82, 2.24) is 14.8 Å². The number of nitrogens with zero attached hydrogens (tertiary/aromatic N) is 3. The molecule has 1 aromatic heterocycles. The first kappa shape index (κ1) is 20.0. The van der Waals surface area contributed by atoms with E-state index in [1.54, 1.807) is 23.0 Å². The number of amides is 1. The summed E-state index contributed by atoms with van der Waals surface area (Å²) < 4.78 is 11.4. The second-order valence-electron chi connectivity index (χ2n) is 6.91. The third-order valence-electron chi connectivity index (χ3n) is 4.58. The maximum Gasteiger partial charge on any atom is 0.317 e. The fourth-order valence-corrected chi connectivity index (χ4v) is 3.23. The maximum atomic E-state index is 12.6. The summed E-state index contributed by atoms with van der Waals surface area (Å²) in [5.41, 5.74) is 0.953. The molecular formula is C20H25N3O5. The number of morpholine rings is 1. The van der Waals surface area contributed by atoms with Crippen LogP contribution in [0.15, 0.2) is 40.9 Å². The van der Waals surface area contributed by atoms with Gasteiger partial charge in [0, 0.05) is 38.0 Å². The minimum Gasteiger partial charge on any atom is -0.480 e. The monoisotopic (exact) mass is 387 g/mol. The first-order valence-electron chi connectivity index (χ1n) is 9.31. The Labute approximate surface area is 163 Å². The highest BCUT2D eigenvalue weighted by Crippen LogP contribution is 2.20. The van der Waals surface area contributed by atoms with Gasteiger partial charge in [0.15, 0.2) is 11.7 Å². The number of aliphatic carboxylic acids is 1. The number of hydrogen-bond donors (Lipinski definition) is 1. The standard InChI is InChI=1S/C20H25N3O5/c1-22(14-20(25)26)12-16-13-23(9-10-27-16)19(24)8-7-18-21-11-17(28-18)15-5-3-2-4-6-15/h2-6,11,16H,7-10,12-14H2,1H3,(H,25,26). The Morgan fingerprint density at radius 1 is 1.32 bits per heavy atom. The quantitative estimate of drug-likeness (QED) is 0.733. The third kappa shape index (κ3) is 5.64. The molecule has 1 aliphatic rings. The van der Waals surface area contributed by atoms with Gasteiger partial charge in [0.05, 0.1) is 25.5 Å². The summed E-state index contributed by atoms with van der Waals surface area (Å²) in [6.07, 6.45) is 2.24. The minimum absolute atomic E-state index is 0.0219. The average Bonchev–Trinajstić information content (AvgIpc) is 3.15. The van der Waals surface area contributed by atoms with E-state index in [0.717, 1.165) is 5.56 Å². The van der Waals surface area contributed by atoms with Gasteiger partial charge >= 0.3 is 5.97 Å². The Kier molecular flexibility index (Phi) is 6.78. The highest BCUT2D eigenvalue weighted by molar-refractivity contribution is 5.76. The third-order valence-corrected chi connectivity index (χ3v) is 4.58. The lowest BCUT2D eigenvalue weighted by molar-refractivity contribution is -0.142. The molecule has 1 aromatic carbocycles. The molecule has 0 aliphatic carbocycles. The van der Waals surface area contributed by atoms with Crippen molar-refractivity contribution in [2.45, 2.75) is 18.9 Å². The molecule has 8 heteroatoms. The predicted octanol–water partition coefficient (Wildman–Crippen LogP) is 1.52. The molecule has 1 atom stereocenters. The number of carbonyl (C=O) groups is 2. The van der Waals surface area contributed by atoms with Crippen molar-refractivity contribution in [1.29, 1.82) is 0 Å². The molecule has 2 heterocycles. The van der Waals surface area contributed by atoms with Gasteiger partial charge < -0.3 is 19.2 Å². The maximum absolute atomic E-state index is 12.6. The summed E-state index contributed by atoms with van der Waals surface area (Å²) in [5, 5.41) is 8.84. The summed E-state index contributed by atoms with van der Waals surface area (Å²) in [7, 11) is 1.73. The summed E-state index contributed by atoms with van der Waals surface area (Å²) in [6, 6.07) is 9.71. The van der Waals surface area contributed by atoms with E-state index in [0.29, 0.717) is 50.7 Å². The second-order valence-corrected chi connectivity index (χ2v) is 6.91. The number of oxazole rings is 1. The molecule has 150 valence electrons. The van der Waals surface area contributed by atoms with Gasteiger partial charge in [0.2, 0.25) is 5.91 Å². The van der Waals surface area contributed by atoms with Gasteiger partial charge in [-0.25, -0.2) is 4.98 Å². The van der Waals surface area contributed by atoms with E-state index in [1.165, 1.54) is 0 Å². The van der Waals surface area contributed by atoms with E-state index in [2.05, 4.69) is 4.98 Å². The van der Waals surface area contributed by atoms with Gasteiger partial charge in [-0.3, -0.25) is 14.5 Å². The molecule has 1 amide bonds. The second kappa shape index (κ2) is 9.48. The number of aromatic nitrogens is 1. The number of aryl methyl sites for hydroxylation is 1. The number of hydrogen-bond acceptors (Lipinski definition) is 6. The number of carbonyl (C=O) groups excluding carboxylic acids is 1. The molecule has 1 fully saturated rings. The number of carboxylic acids is 1. The fourth-order valence-electron chi connectivity index (χ4n) is 3.23. The van der Waals surface area contributed by atoms with Crippen LogP contribution in [0.25, 0.3) is 11.3 Å². The van der Waals surface area contributed by atoms with E-state index < -0.39 is 5.97 Å². The lowest BCUT2D eigenvalue weighted by Crippen LogP contribution is -2.49. The lowest BCUT2D eigenvalue weighted by Gasteiger charge is -2.34. The predicted molar refractivity (Wildman–Crippen MR) is 102 cm³/mol. The van der Waals surface area contributed by atoms with Crippen molar-refractivity contribution in [3.05, 3.63) is 42.4 Å². The molecule has 28 heavy (non-hydrogen) atoms. The Balaban J connectivity index is 1.48. The smallest absolute Gasteiger partial charge is 0.317 e. The topological polar surface area (TPSA) is 96.1 Å². The van der Waals surface area contributed by atoms with Crippen molar-refractivity contribution in [3.63, 3.8) is 0 Å². The molecule has 8 nitrogen and oxygen atoms in total. The van der Waals surface area contributed by atoms with E-state index in [4.69, 9.17) is 14.3 Å². The normalized spacial score (nSPS) is 17.1. The first-order chi connectivity index (χ1) is 13.5. The largest absolute Gasteiger partial charge is 0.480 e. The zero-order valence-corrected chi connectivity index (χ0v) is 15.9. The molecule has 0 radical (unpaired) electrons. The number of rotatable bonds is 8. The van der Waals surface area contributed by atoms with Gasteiger partial charge in [-0.15, -0.1) is 0 Å². The van der Waals surface area contributed by atoms with Crippen LogP contribution in [0.5, 0.6) is 0 Å². The SMILES string of the molecule is CN(CC(=O)O)CC1CN(C(=O)CCc2ncc(-c3ccccc3)o2)CCO1. The van der Waals surface area contributed by atoms with Crippen LogP contribution in [0.1, 0.15) is 12.3 Å². The van der Waals surface area contributed by atoms with Crippen molar-refractivity contribution in [3.8, 4) is 11.3 Å². The Bertz CT molecular complexity index is 792. The molecule has 1 unspecified atom stereocenters. The number of carboxylic acid groups (broad SMARTS) is 1. The van der Waals surface area contributed by atoms with Gasteiger partial charge in [0.1, 0.15) is 0 Å². The molecular weight excluding hydrogens is 362 g/mol. The lowest BCUT2D eigenvalue weighted by atomic mass is 10.2. The molecule has 3 rings (SSSR count). The van der Waals surface area contributed by atoms with Crippen molar-refractivity contribution < 1.29 is 23.8 Å². The van der Waals surface area contributed by atoms with Crippen LogP contribution in [-0.4, -0.2) is 77.7 Å². The van der Waals surface area contributed by atoms with Crippen molar-refractivity contribution in [2.75, 3.05) is 39.8 Å². The Morgan fingerprint density at radius 2 is 2.11 bits per heavy atom. The van der Waals surface area contributed by atoms with E-state index >= 15 is 0 Å². The van der Waals surface area contributed by atoms with Crippen molar-refractivity contribution >= 4 is 11.9 Å². The minimum atomic E-state index is -0.882. The zero-order valence-electron chi connectivity index (χ0n) is 15.9. The van der Waals surface area contributed by atoms with E-state index in [-0.39, 0.29) is 18.6 Å². The first-order valence-corrected chi connectivity index (χ1v) is 9.31. The number of benzene rings is 1. The summed E-state index contributed by atoms with van der Waals surface area (Å²) in [4.78, 5) is 31.0. The van der Waals surface area contributed by atoms with Gasteiger partial charge in [-0.05, 0) is 7.05 Å². The van der Waals surface area contributed by atoms with Crippen LogP contribution >= 0.6 is 0 Å². The van der Waals surface area contributed by atoms with Crippen LogP contribution in [0, 0.1) is 0 Å². The van der Waals surface area contributed by atoms with Crippen LogP contribution in [-0.2, 0) is 20.7 Å². The number of likely N-dealkylation sites (N-methyl/N-ethyl adjacent to an activating group) is 1. The molecule has 0 spiro atoms. The zero-order chi connectivity index (χ0) is 19.9. The Morgan fingerprint density at radius 3 is 2.86 bits per heavy atom. The van der Waals surface area contributed by atoms with Gasteiger partial charge in [0.25, 0.3) is 0 Å². The molecule has 1 aliphatic heterocycles. The van der Waals surface area contributed by atoms with Gasteiger partial charge in [-0.2, -0.15) is 0 Å². The summed E-state index contributed by atoms with van der Waals surface area (Å²) in [6.45, 7) is 1.87. The molecule has 0 saturated carbocycles. The molecule has 1 saturated heterocycles. The number of ether oxygens (including phenoxy) is 1. The highest BCUT2D eigenvalue weighted by atomic mass is 16.5. The van der Waals surface area contributed by atoms with Gasteiger partial charge in [-0.1, -0.05) is 30.3 Å². The molecule has 2 aromatic rings. The molecule has 0 bridgehead atoms. The highest BCUT2D eigenvalue weighted by Gasteiger charge is 2.25. The fraction of sp³-hybridized carbons (Fsp3) is 0.450. The van der Waals surface area contributed by atoms with Crippen LogP contribution < -0.4 is 0 Å². The van der Waals surface area contributed by atoms with Crippen LogP contribution in [0.3, 0.4) is 0 Å². The van der Waals surface area contributed by atoms with E-state index in [1.807, 2.05) is 30.3 Å².